The molecule has 1 rings (SSSR count). The van der Waals surface area contributed by atoms with Crippen molar-refractivity contribution in [1.82, 2.24) is 0 Å². The van der Waals surface area contributed by atoms with Crippen LogP contribution in [0, 0.1) is 6.07 Å². The monoisotopic (exact) mass is 104 g/mol. The number of hydrogen-bond acceptors (Lipinski definition) is 0. The van der Waals surface area contributed by atoms with Crippen LogP contribution in [0.15, 0.2) is 11.2 Å². The van der Waals surface area contributed by atoms with E-state index in [4.69, 9.17) is 7.85 Å². The quantitative estimate of drug-likeness (QED) is 0.410. The fourth-order valence-corrected chi connectivity index (χ4v) is 0.644. The molecule has 0 fully saturated rings. The van der Waals surface area contributed by atoms with E-state index in [-0.39, 0.29) is 0 Å². The van der Waals surface area contributed by atoms with Crippen molar-refractivity contribution in [2.24, 2.45) is 0 Å². The molecule has 0 unspecified atom stereocenters. The lowest BCUT2D eigenvalue weighted by atomic mass is 9.80. The molecule has 38 valence electrons. The number of nitrogens with zero attached hydrogens (tertiary/aromatic N) is 1. The molecule has 0 aromatic heterocycles. The van der Waals surface area contributed by atoms with E-state index < -0.39 is 0 Å². The Bertz CT molecular complexity index is 182. The molecule has 0 aliphatic heterocycles. The first-order valence-electron chi connectivity index (χ1n) is 2.69. The predicted molar refractivity (Wildman–Crippen MR) is 34.9 cm³/mol. The highest BCUT2D eigenvalue weighted by Gasteiger charge is 2.20. The second-order valence-corrected chi connectivity index (χ2v) is 1.81. The molecule has 1 aliphatic rings. The summed E-state index contributed by atoms with van der Waals surface area (Å²) >= 11 is 0. The third-order valence-corrected chi connectivity index (χ3v) is 1.25. The molecule has 0 bridgehead atoms. The minimum atomic E-state index is 0.930. The Balaban J connectivity index is 2.69. The molecule has 0 aromatic carbocycles. The lowest BCUT2D eigenvalue weighted by molar-refractivity contribution is 0.881. The van der Waals surface area contributed by atoms with Gasteiger partial charge >= 0.3 is 5.70 Å². The van der Waals surface area contributed by atoms with Gasteiger partial charge in [0.1, 0.15) is 7.85 Å². The molecule has 2 radical (unpaired) electrons. The molecule has 1 aliphatic carbocycles. The summed E-state index contributed by atoms with van der Waals surface area (Å²) in [5.41, 5.74) is 1.95. The number of rotatable bonds is 0. The second kappa shape index (κ2) is 2.04. The maximum atomic E-state index is 5.45. The molecule has 0 amide bonds. The molecule has 0 saturated heterocycles. The van der Waals surface area contributed by atoms with Crippen LogP contribution >= 0.6 is 0 Å². The van der Waals surface area contributed by atoms with Crippen molar-refractivity contribution >= 4 is 7.85 Å². The molecule has 0 atom stereocenters. The Morgan fingerprint density at radius 2 is 2.38 bits per heavy atom. The van der Waals surface area contributed by atoms with E-state index in [0.29, 0.717) is 0 Å². The SMILES string of the molecule is [B]C1=C([N+]#CC)CC1. The summed E-state index contributed by atoms with van der Waals surface area (Å²) in [7, 11) is 5.45. The second-order valence-electron chi connectivity index (χ2n) is 1.81. The molecular formula is C6H7BN+. The van der Waals surface area contributed by atoms with E-state index >= 15 is 0 Å². The maximum absolute atomic E-state index is 5.45. The van der Waals surface area contributed by atoms with Crippen molar-refractivity contribution in [3.63, 3.8) is 0 Å². The first-order valence-corrected chi connectivity index (χ1v) is 2.69. The van der Waals surface area contributed by atoms with Crippen LogP contribution in [0.4, 0.5) is 0 Å². The molecule has 2 heteroatoms. The summed E-state index contributed by atoms with van der Waals surface area (Å²) in [5, 5.41) is 0. The third-order valence-electron chi connectivity index (χ3n) is 1.25. The molecule has 0 N–H and O–H groups in total. The zero-order valence-electron chi connectivity index (χ0n) is 4.94. The van der Waals surface area contributed by atoms with E-state index in [0.717, 1.165) is 24.0 Å². The van der Waals surface area contributed by atoms with Crippen LogP contribution in [-0.2, 0) is 0 Å². The maximum Gasteiger partial charge on any atom is 0.306 e. The fourth-order valence-electron chi connectivity index (χ4n) is 0.644. The average Bonchev–Trinajstić information content (AvgIpc) is 1.79. The third kappa shape index (κ3) is 0.766. The molecule has 0 heterocycles. The van der Waals surface area contributed by atoms with Crippen LogP contribution in [0.2, 0.25) is 0 Å². The lowest BCUT2D eigenvalue weighted by Gasteiger charge is -2.04. The van der Waals surface area contributed by atoms with Crippen LogP contribution in [-0.4, -0.2) is 7.85 Å². The summed E-state index contributed by atoms with van der Waals surface area (Å²) < 4.78 is 0. The van der Waals surface area contributed by atoms with Gasteiger partial charge in [-0.25, -0.2) is 0 Å². The Labute approximate surface area is 50.6 Å². The minimum Gasteiger partial charge on any atom is -0.0420 e. The van der Waals surface area contributed by atoms with Crippen molar-refractivity contribution in [2.45, 2.75) is 19.8 Å². The Hall–Kier alpha value is -0.705. The first-order chi connectivity index (χ1) is 3.84. The Kier molecular flexibility index (Phi) is 1.39. The Morgan fingerprint density at radius 1 is 1.62 bits per heavy atom. The molecular weight excluding hydrogens is 96.9 g/mol. The van der Waals surface area contributed by atoms with Gasteiger partial charge in [-0.15, -0.1) is 0 Å². The summed E-state index contributed by atoms with van der Waals surface area (Å²) in [6, 6.07) is 2.69. The van der Waals surface area contributed by atoms with Crippen molar-refractivity contribution in [1.29, 1.82) is 0 Å². The van der Waals surface area contributed by atoms with Gasteiger partial charge in [0.25, 0.3) is 6.07 Å². The van der Waals surface area contributed by atoms with E-state index in [2.05, 4.69) is 10.9 Å². The van der Waals surface area contributed by atoms with Gasteiger partial charge in [0, 0.05) is 0 Å². The standard InChI is InChI=1S/C6H7BN/c1-2-8-6-4-3-5(6)7/h3-4H2,1H3/q+1. The van der Waals surface area contributed by atoms with Crippen LogP contribution in [0.3, 0.4) is 0 Å². The number of hydrogen-bond donors (Lipinski definition) is 0. The van der Waals surface area contributed by atoms with Gasteiger partial charge in [-0.1, -0.05) is 0 Å². The molecule has 0 aromatic rings. The van der Waals surface area contributed by atoms with E-state index in [1.807, 2.05) is 0 Å². The van der Waals surface area contributed by atoms with Crippen molar-refractivity contribution in [2.75, 3.05) is 0 Å². The van der Waals surface area contributed by atoms with Crippen LogP contribution in [0.25, 0.3) is 4.85 Å². The van der Waals surface area contributed by atoms with Crippen LogP contribution in [0.1, 0.15) is 19.8 Å². The van der Waals surface area contributed by atoms with Gasteiger partial charge in [-0.05, 0) is 16.7 Å². The van der Waals surface area contributed by atoms with Crippen LogP contribution < -0.4 is 0 Å². The lowest BCUT2D eigenvalue weighted by Crippen LogP contribution is -1.99. The summed E-state index contributed by atoms with van der Waals surface area (Å²) in [4.78, 5) is 3.92. The largest absolute Gasteiger partial charge is 0.306 e. The van der Waals surface area contributed by atoms with Crippen molar-refractivity contribution < 1.29 is 0 Å². The topological polar surface area (TPSA) is 4.36 Å². The molecule has 0 spiro atoms. The zero-order chi connectivity index (χ0) is 5.98. The molecule has 1 nitrogen and oxygen atoms in total. The average molecular weight is 104 g/mol. The molecule has 8 heavy (non-hydrogen) atoms. The van der Waals surface area contributed by atoms with Gasteiger partial charge < -0.3 is 0 Å². The van der Waals surface area contributed by atoms with Crippen molar-refractivity contribution in [3.05, 3.63) is 16.0 Å². The van der Waals surface area contributed by atoms with Gasteiger partial charge in [-0.3, -0.25) is 0 Å². The van der Waals surface area contributed by atoms with Gasteiger partial charge in [0.2, 0.25) is 0 Å². The highest BCUT2D eigenvalue weighted by Crippen LogP contribution is 2.25. The van der Waals surface area contributed by atoms with Crippen molar-refractivity contribution in [3.8, 4) is 6.07 Å². The highest BCUT2D eigenvalue weighted by molar-refractivity contribution is 6.23. The minimum absolute atomic E-state index is 0.930. The summed E-state index contributed by atoms with van der Waals surface area (Å²) in [6.45, 7) is 1.78. The van der Waals surface area contributed by atoms with E-state index in [1.54, 1.807) is 6.92 Å². The van der Waals surface area contributed by atoms with Gasteiger partial charge in [-0.2, -0.15) is 0 Å². The zero-order valence-corrected chi connectivity index (χ0v) is 4.94. The van der Waals surface area contributed by atoms with E-state index in [9.17, 15) is 0 Å². The van der Waals surface area contributed by atoms with Crippen LogP contribution in [0.5, 0.6) is 0 Å². The summed E-state index contributed by atoms with van der Waals surface area (Å²) in [6.07, 6.45) is 2.05. The smallest absolute Gasteiger partial charge is 0.0420 e. The fraction of sp³-hybridized carbons (Fsp3) is 0.500. The highest BCUT2D eigenvalue weighted by atomic mass is 14.7. The number of allylic oxidation sites excluding steroid dienone is 2. The summed E-state index contributed by atoms with van der Waals surface area (Å²) in [5.74, 6) is 0. The molecule has 0 saturated carbocycles. The normalized spacial score (nSPS) is 16.6. The first kappa shape index (κ1) is 5.43. The predicted octanol–water partition coefficient (Wildman–Crippen LogP) is 1.51. The van der Waals surface area contributed by atoms with E-state index in [1.165, 1.54) is 0 Å². The van der Waals surface area contributed by atoms with Gasteiger partial charge in [0.15, 0.2) is 0 Å². The Morgan fingerprint density at radius 3 is 2.50 bits per heavy atom. The van der Waals surface area contributed by atoms with Gasteiger partial charge in [0.05, 0.1) is 13.3 Å².